The van der Waals surface area contributed by atoms with Crippen molar-refractivity contribution >= 4 is 8.56 Å². The summed E-state index contributed by atoms with van der Waals surface area (Å²) in [5.41, 5.74) is 0.0521. The molecule has 1 fully saturated rings. The number of hydrogen-bond acceptors (Lipinski definition) is 2. The van der Waals surface area contributed by atoms with Crippen LogP contribution in [0.5, 0.6) is 0 Å². The molecule has 12 heavy (non-hydrogen) atoms. The first-order valence-electron chi connectivity index (χ1n) is 4.88. The zero-order valence-electron chi connectivity index (χ0n) is 8.64. The van der Waals surface area contributed by atoms with Gasteiger partial charge in [0.2, 0.25) is 0 Å². The third kappa shape index (κ3) is 2.09. The molecule has 0 aromatic heterocycles. The van der Waals surface area contributed by atoms with E-state index in [4.69, 9.17) is 8.85 Å². The van der Waals surface area contributed by atoms with Gasteiger partial charge in [-0.15, -0.1) is 0 Å². The van der Waals surface area contributed by atoms with Crippen LogP contribution in [0.1, 0.15) is 34.1 Å². The van der Waals surface area contributed by atoms with Crippen LogP contribution in [0.25, 0.3) is 0 Å². The van der Waals surface area contributed by atoms with Crippen molar-refractivity contribution in [2.75, 3.05) is 6.61 Å². The molecule has 0 atom stereocenters. The first-order valence-corrected chi connectivity index (χ1v) is 7.11. The topological polar surface area (TPSA) is 18.5 Å². The van der Waals surface area contributed by atoms with Crippen LogP contribution in [0.15, 0.2) is 0 Å². The first-order chi connectivity index (χ1) is 5.54. The van der Waals surface area contributed by atoms with Gasteiger partial charge in [0.1, 0.15) is 0 Å². The van der Waals surface area contributed by atoms with E-state index in [2.05, 4.69) is 27.7 Å². The summed E-state index contributed by atoms with van der Waals surface area (Å²) >= 11 is 0. The second kappa shape index (κ2) is 3.48. The van der Waals surface area contributed by atoms with E-state index in [0.29, 0.717) is 0 Å². The van der Waals surface area contributed by atoms with Crippen LogP contribution in [0, 0.1) is 0 Å². The van der Waals surface area contributed by atoms with E-state index in [0.717, 1.165) is 25.1 Å². The minimum atomic E-state index is -1.77. The monoisotopic (exact) mass is 188 g/mol. The Labute approximate surface area is 76.5 Å². The molecule has 1 heterocycles. The van der Waals surface area contributed by atoms with E-state index in [1.165, 1.54) is 0 Å². The molecule has 0 aliphatic carbocycles. The van der Waals surface area contributed by atoms with Gasteiger partial charge in [0.05, 0.1) is 5.60 Å². The van der Waals surface area contributed by atoms with Crippen LogP contribution in [-0.4, -0.2) is 20.8 Å². The Morgan fingerprint density at radius 3 is 2.17 bits per heavy atom. The van der Waals surface area contributed by atoms with Gasteiger partial charge in [-0.05, 0) is 32.4 Å². The first kappa shape index (κ1) is 10.2. The second-order valence-corrected chi connectivity index (χ2v) is 7.81. The van der Waals surface area contributed by atoms with E-state index in [1.807, 2.05) is 0 Å². The molecule has 0 radical (unpaired) electrons. The van der Waals surface area contributed by atoms with Crippen molar-refractivity contribution in [3.05, 3.63) is 0 Å². The molecule has 72 valence electrons. The highest BCUT2D eigenvalue weighted by Gasteiger charge is 2.42. The molecular formula is C9H20O2Si. The Balaban J connectivity index is 2.65. The van der Waals surface area contributed by atoms with Crippen LogP contribution in [0.3, 0.4) is 0 Å². The zero-order valence-corrected chi connectivity index (χ0v) is 9.64. The molecule has 0 amide bonds. The minimum Gasteiger partial charge on any atom is -0.394 e. The highest BCUT2D eigenvalue weighted by atomic mass is 28.4. The van der Waals surface area contributed by atoms with Gasteiger partial charge in [0.25, 0.3) is 0 Å². The molecule has 0 spiro atoms. The standard InChI is InChI=1S/C9H20O2Si/c1-5-12(6-2)10-8-7-9(3,4)11-12/h5-8H2,1-4H3. The van der Waals surface area contributed by atoms with Gasteiger partial charge in [-0.1, -0.05) is 13.8 Å². The fourth-order valence-electron chi connectivity index (χ4n) is 1.67. The Kier molecular flexibility index (Phi) is 2.96. The molecule has 0 aromatic carbocycles. The van der Waals surface area contributed by atoms with E-state index < -0.39 is 8.56 Å². The summed E-state index contributed by atoms with van der Waals surface area (Å²) < 4.78 is 11.9. The SMILES string of the molecule is CC[Si]1(CC)OCCC(C)(C)O1. The highest BCUT2D eigenvalue weighted by Crippen LogP contribution is 2.31. The molecule has 0 N–H and O–H groups in total. The fraction of sp³-hybridized carbons (Fsp3) is 1.00. The average molecular weight is 188 g/mol. The third-order valence-electron chi connectivity index (χ3n) is 2.61. The summed E-state index contributed by atoms with van der Waals surface area (Å²) in [5, 5.41) is 0. The van der Waals surface area contributed by atoms with E-state index in [1.54, 1.807) is 0 Å². The Bertz CT molecular complexity index is 153. The van der Waals surface area contributed by atoms with Gasteiger partial charge < -0.3 is 8.85 Å². The fourth-order valence-corrected chi connectivity index (χ4v) is 4.50. The summed E-state index contributed by atoms with van der Waals surface area (Å²) in [6, 6.07) is 2.15. The van der Waals surface area contributed by atoms with Gasteiger partial charge in [0.15, 0.2) is 0 Å². The third-order valence-corrected chi connectivity index (χ3v) is 6.42. The molecule has 0 bridgehead atoms. The molecule has 0 aromatic rings. The summed E-state index contributed by atoms with van der Waals surface area (Å²) in [6.07, 6.45) is 1.03. The Morgan fingerprint density at radius 1 is 1.25 bits per heavy atom. The second-order valence-electron chi connectivity index (χ2n) is 4.08. The predicted octanol–water partition coefficient (Wildman–Crippen LogP) is 2.68. The maximum absolute atomic E-state index is 6.08. The zero-order chi connectivity index (χ0) is 9.24. The van der Waals surface area contributed by atoms with E-state index in [9.17, 15) is 0 Å². The summed E-state index contributed by atoms with van der Waals surface area (Å²) in [4.78, 5) is 0. The minimum absolute atomic E-state index is 0.0521. The van der Waals surface area contributed by atoms with Crippen LogP contribution in [0.4, 0.5) is 0 Å². The average Bonchev–Trinajstić information content (AvgIpc) is 2.02. The smallest absolute Gasteiger partial charge is 0.338 e. The van der Waals surface area contributed by atoms with Gasteiger partial charge in [0, 0.05) is 6.61 Å². The maximum Gasteiger partial charge on any atom is 0.338 e. The van der Waals surface area contributed by atoms with Crippen LogP contribution in [-0.2, 0) is 8.85 Å². The van der Waals surface area contributed by atoms with Crippen molar-refractivity contribution in [1.82, 2.24) is 0 Å². The molecule has 1 rings (SSSR count). The Hall–Kier alpha value is 0.137. The van der Waals surface area contributed by atoms with E-state index >= 15 is 0 Å². The van der Waals surface area contributed by atoms with Gasteiger partial charge in [-0.25, -0.2) is 0 Å². The lowest BCUT2D eigenvalue weighted by Gasteiger charge is -2.42. The summed E-state index contributed by atoms with van der Waals surface area (Å²) in [5.74, 6) is 0. The molecule has 1 saturated heterocycles. The lowest BCUT2D eigenvalue weighted by atomic mass is 10.1. The molecule has 1 aliphatic heterocycles. The Morgan fingerprint density at radius 2 is 1.83 bits per heavy atom. The number of rotatable bonds is 2. The maximum atomic E-state index is 6.08. The molecule has 0 saturated carbocycles. The van der Waals surface area contributed by atoms with Crippen molar-refractivity contribution < 1.29 is 8.85 Å². The van der Waals surface area contributed by atoms with Crippen LogP contribution >= 0.6 is 0 Å². The number of hydrogen-bond donors (Lipinski definition) is 0. The van der Waals surface area contributed by atoms with Crippen molar-refractivity contribution in [2.24, 2.45) is 0 Å². The normalized spacial score (nSPS) is 27.0. The van der Waals surface area contributed by atoms with Gasteiger partial charge in [-0.3, -0.25) is 0 Å². The van der Waals surface area contributed by atoms with Gasteiger partial charge >= 0.3 is 8.56 Å². The summed E-state index contributed by atoms with van der Waals surface area (Å²) in [6.45, 7) is 9.58. The summed E-state index contributed by atoms with van der Waals surface area (Å²) in [7, 11) is -1.77. The van der Waals surface area contributed by atoms with Crippen LogP contribution in [0.2, 0.25) is 12.1 Å². The molecule has 0 unspecified atom stereocenters. The molecular weight excluding hydrogens is 168 g/mol. The largest absolute Gasteiger partial charge is 0.394 e. The van der Waals surface area contributed by atoms with Crippen molar-refractivity contribution in [1.29, 1.82) is 0 Å². The van der Waals surface area contributed by atoms with Gasteiger partial charge in [-0.2, -0.15) is 0 Å². The molecule has 1 aliphatic rings. The van der Waals surface area contributed by atoms with Crippen LogP contribution < -0.4 is 0 Å². The predicted molar refractivity (Wildman–Crippen MR) is 52.4 cm³/mol. The molecule has 3 heteroatoms. The van der Waals surface area contributed by atoms with Crippen molar-refractivity contribution in [3.63, 3.8) is 0 Å². The van der Waals surface area contributed by atoms with Crippen molar-refractivity contribution in [3.8, 4) is 0 Å². The lowest BCUT2D eigenvalue weighted by molar-refractivity contribution is -0.0118. The molecule has 2 nitrogen and oxygen atoms in total. The quantitative estimate of drug-likeness (QED) is 0.620. The highest BCUT2D eigenvalue weighted by molar-refractivity contribution is 6.67. The van der Waals surface area contributed by atoms with E-state index in [-0.39, 0.29) is 5.60 Å². The van der Waals surface area contributed by atoms with Crippen molar-refractivity contribution in [2.45, 2.75) is 51.8 Å². The lowest BCUT2D eigenvalue weighted by Crippen LogP contribution is -2.52.